The predicted molar refractivity (Wildman–Crippen MR) is 80.7 cm³/mol. The molecule has 0 atom stereocenters. The first-order valence-corrected chi connectivity index (χ1v) is 9.05. The smallest absolute Gasteiger partial charge is 0.343 e. The van der Waals surface area contributed by atoms with Gasteiger partial charge in [0.15, 0.2) is 0 Å². The van der Waals surface area contributed by atoms with Crippen molar-refractivity contribution in [2.45, 2.75) is 84.0 Å². The summed E-state index contributed by atoms with van der Waals surface area (Å²) in [4.78, 5) is 21.6. The molecule has 0 radical (unpaired) electrons. The molecule has 0 bridgehead atoms. The van der Waals surface area contributed by atoms with Gasteiger partial charge in [0.1, 0.15) is 0 Å². The Bertz CT molecular complexity index is 189. The SMILES string of the molecule is O=P(O)(O)O.[CH2-]CCCCCCCCCCCCC.[K+]. The molecule has 0 amide bonds. The average Bonchev–Trinajstić information content (AvgIpc) is 2.29. The fourth-order valence-corrected chi connectivity index (χ4v) is 1.84. The third-order valence-electron chi connectivity index (χ3n) is 2.85. The van der Waals surface area contributed by atoms with Crippen LogP contribution in [-0.2, 0) is 4.57 Å². The third kappa shape index (κ3) is 42.7. The van der Waals surface area contributed by atoms with Crippen molar-refractivity contribution in [3.63, 3.8) is 0 Å². The minimum atomic E-state index is -4.64. The molecule has 3 N–H and O–H groups in total. The monoisotopic (exact) mass is 334 g/mol. The summed E-state index contributed by atoms with van der Waals surface area (Å²) in [5.74, 6) is 0. The molecule has 0 heterocycles. The van der Waals surface area contributed by atoms with Crippen LogP contribution in [0.25, 0.3) is 0 Å². The van der Waals surface area contributed by atoms with Gasteiger partial charge in [0.25, 0.3) is 0 Å². The molecule has 0 aliphatic carbocycles. The fraction of sp³-hybridized carbons (Fsp3) is 0.929. The molecule has 0 aliphatic rings. The van der Waals surface area contributed by atoms with Gasteiger partial charge in [-0.25, -0.2) is 4.57 Å². The van der Waals surface area contributed by atoms with Gasteiger partial charge in [0, 0.05) is 0 Å². The molecule has 0 fully saturated rings. The second kappa shape index (κ2) is 20.7. The summed E-state index contributed by atoms with van der Waals surface area (Å²) in [6.07, 6.45) is 16.9. The van der Waals surface area contributed by atoms with Crippen LogP contribution in [0.3, 0.4) is 0 Å². The minimum absolute atomic E-state index is 0. The molecule has 0 aromatic rings. The summed E-state index contributed by atoms with van der Waals surface area (Å²) in [7, 11) is -4.64. The van der Waals surface area contributed by atoms with Crippen molar-refractivity contribution in [1.82, 2.24) is 0 Å². The van der Waals surface area contributed by atoms with Gasteiger partial charge in [-0.2, -0.15) is 6.42 Å². The summed E-state index contributed by atoms with van der Waals surface area (Å²) >= 11 is 0. The van der Waals surface area contributed by atoms with Gasteiger partial charge in [0.05, 0.1) is 0 Å². The minimum Gasteiger partial charge on any atom is -0.343 e. The first-order valence-electron chi connectivity index (χ1n) is 7.49. The molecule has 20 heavy (non-hydrogen) atoms. The van der Waals surface area contributed by atoms with E-state index in [1.807, 2.05) is 0 Å². The Kier molecular flexibility index (Phi) is 27.6. The fourth-order valence-electron chi connectivity index (χ4n) is 1.84. The van der Waals surface area contributed by atoms with E-state index in [0.29, 0.717) is 0 Å². The number of phosphoric acid groups is 1. The largest absolute Gasteiger partial charge is 1.00 e. The van der Waals surface area contributed by atoms with Gasteiger partial charge in [0.2, 0.25) is 0 Å². The van der Waals surface area contributed by atoms with E-state index in [1.54, 1.807) is 0 Å². The molecule has 0 unspecified atom stereocenters. The van der Waals surface area contributed by atoms with Crippen molar-refractivity contribution < 1.29 is 70.6 Å². The number of hydrogen-bond acceptors (Lipinski definition) is 1. The molecule has 0 spiro atoms. The van der Waals surface area contributed by atoms with Gasteiger partial charge in [-0.05, 0) is 0 Å². The maximum atomic E-state index is 8.88. The summed E-state index contributed by atoms with van der Waals surface area (Å²) in [5, 5.41) is 0. The Labute approximate surface area is 167 Å². The van der Waals surface area contributed by atoms with Crippen LogP contribution in [0.1, 0.15) is 84.0 Å². The van der Waals surface area contributed by atoms with Gasteiger partial charge in [-0.15, -0.1) is 0 Å². The zero-order chi connectivity index (χ0) is 15.0. The van der Waals surface area contributed by atoms with Crippen molar-refractivity contribution in [3.8, 4) is 0 Å². The van der Waals surface area contributed by atoms with Crippen molar-refractivity contribution in [2.24, 2.45) is 0 Å². The molecule has 6 heteroatoms. The van der Waals surface area contributed by atoms with E-state index < -0.39 is 7.82 Å². The van der Waals surface area contributed by atoms with E-state index in [1.165, 1.54) is 70.6 Å². The molecule has 0 saturated carbocycles. The molecular formula is C14H32KO4P. The van der Waals surface area contributed by atoms with E-state index in [0.717, 1.165) is 6.42 Å². The number of unbranched alkanes of at least 4 members (excludes halogenated alkanes) is 11. The molecule has 0 saturated heterocycles. The van der Waals surface area contributed by atoms with E-state index in [9.17, 15) is 0 Å². The first-order chi connectivity index (χ1) is 8.91. The zero-order valence-corrected chi connectivity index (χ0v) is 17.4. The topological polar surface area (TPSA) is 77.8 Å². The van der Waals surface area contributed by atoms with Crippen molar-refractivity contribution >= 4 is 7.82 Å². The van der Waals surface area contributed by atoms with E-state index in [4.69, 9.17) is 19.2 Å². The second-order valence-corrected chi connectivity index (χ2v) is 5.93. The van der Waals surface area contributed by atoms with Crippen LogP contribution in [0.5, 0.6) is 0 Å². The van der Waals surface area contributed by atoms with E-state index in [2.05, 4.69) is 13.8 Å². The third-order valence-corrected chi connectivity index (χ3v) is 2.85. The first kappa shape index (κ1) is 26.6. The van der Waals surface area contributed by atoms with Crippen LogP contribution in [0.15, 0.2) is 0 Å². The zero-order valence-electron chi connectivity index (χ0n) is 13.4. The Hall–Kier alpha value is 1.75. The summed E-state index contributed by atoms with van der Waals surface area (Å²) in [6, 6.07) is 0. The Morgan fingerprint density at radius 1 is 0.750 bits per heavy atom. The molecule has 0 aromatic heterocycles. The van der Waals surface area contributed by atoms with Crippen LogP contribution < -0.4 is 51.4 Å². The van der Waals surface area contributed by atoms with Crippen LogP contribution in [-0.4, -0.2) is 14.7 Å². The van der Waals surface area contributed by atoms with Crippen LogP contribution >= 0.6 is 7.82 Å². The van der Waals surface area contributed by atoms with E-state index >= 15 is 0 Å². The molecule has 0 rings (SSSR count). The summed E-state index contributed by atoms with van der Waals surface area (Å²) in [6.45, 7) is 6.14. The average molecular weight is 334 g/mol. The van der Waals surface area contributed by atoms with Crippen LogP contribution in [0, 0.1) is 6.92 Å². The van der Waals surface area contributed by atoms with Crippen LogP contribution in [0.2, 0.25) is 0 Å². The second-order valence-electron chi connectivity index (χ2n) is 4.90. The van der Waals surface area contributed by atoms with Gasteiger partial charge in [-0.1, -0.05) is 77.6 Å². The van der Waals surface area contributed by atoms with Gasteiger partial charge >= 0.3 is 59.2 Å². The Morgan fingerprint density at radius 3 is 1.25 bits per heavy atom. The van der Waals surface area contributed by atoms with Gasteiger partial charge < -0.3 is 21.6 Å². The molecular weight excluding hydrogens is 302 g/mol. The molecule has 0 aromatic carbocycles. The van der Waals surface area contributed by atoms with Crippen molar-refractivity contribution in [1.29, 1.82) is 0 Å². The number of hydrogen-bond donors (Lipinski definition) is 3. The standard InChI is InChI=1S/C14H29.K.H3O4P/c1-3-5-7-9-11-13-14-12-10-8-6-4-2;;1-5(2,3)4/h1,3-14H2,2H3;;(H3,1,2,3,4)/q-1;+1;. The predicted octanol–water partition coefficient (Wildman–Crippen LogP) is 1.60. The summed E-state index contributed by atoms with van der Waals surface area (Å²) < 4.78 is 8.88. The number of rotatable bonds is 11. The van der Waals surface area contributed by atoms with Crippen molar-refractivity contribution in [3.05, 3.63) is 6.92 Å². The maximum Gasteiger partial charge on any atom is 1.00 e. The van der Waals surface area contributed by atoms with E-state index in [-0.39, 0.29) is 51.4 Å². The Morgan fingerprint density at radius 2 is 1.00 bits per heavy atom. The molecule has 118 valence electrons. The summed E-state index contributed by atoms with van der Waals surface area (Å²) in [5.41, 5.74) is 0. The van der Waals surface area contributed by atoms with Gasteiger partial charge in [-0.3, -0.25) is 0 Å². The normalized spacial score (nSPS) is 10.4. The molecule has 4 nitrogen and oxygen atoms in total. The van der Waals surface area contributed by atoms with Crippen molar-refractivity contribution in [2.75, 3.05) is 0 Å². The van der Waals surface area contributed by atoms with Crippen LogP contribution in [0.4, 0.5) is 0 Å². The molecule has 0 aliphatic heterocycles. The maximum absolute atomic E-state index is 8.88. The Balaban J connectivity index is -0.000000414. The quantitative estimate of drug-likeness (QED) is 0.232.